The number of nitrogens with zero attached hydrogens (tertiary/aromatic N) is 1. The van der Waals surface area contributed by atoms with Crippen LogP contribution in [0.2, 0.25) is 0 Å². The second-order valence-corrected chi connectivity index (χ2v) is 3.01. The van der Waals surface area contributed by atoms with E-state index in [0.717, 1.165) is 13.0 Å². The lowest BCUT2D eigenvalue weighted by molar-refractivity contribution is -0.143. The molecule has 1 aliphatic rings. The summed E-state index contributed by atoms with van der Waals surface area (Å²) in [4.78, 5) is 10.1. The molecule has 46 valence electrons. The molecule has 1 atom stereocenters. The quantitative estimate of drug-likeness (QED) is 0.523. The summed E-state index contributed by atoms with van der Waals surface area (Å²) in [5.74, 6) is -0.703. The summed E-state index contributed by atoms with van der Waals surface area (Å²) in [7, 11) is 0. The molecule has 1 aliphatic heterocycles. The molecule has 0 aromatic carbocycles. The van der Waals surface area contributed by atoms with Crippen LogP contribution in [0.25, 0.3) is 0 Å². The predicted molar refractivity (Wildman–Crippen MR) is 36.8 cm³/mol. The molecule has 0 aromatic rings. The SMILES string of the molecule is O=C(O)[C@@H]1CCN1I. The summed E-state index contributed by atoms with van der Waals surface area (Å²) in [6.45, 7) is 0.914. The topological polar surface area (TPSA) is 40.5 Å². The maximum Gasteiger partial charge on any atom is 0.321 e. The van der Waals surface area contributed by atoms with Crippen LogP contribution in [0.15, 0.2) is 0 Å². The van der Waals surface area contributed by atoms with Gasteiger partial charge in [0, 0.05) is 29.4 Å². The highest BCUT2D eigenvalue weighted by Gasteiger charge is 2.31. The molecule has 0 amide bonds. The van der Waals surface area contributed by atoms with E-state index in [9.17, 15) is 4.79 Å². The van der Waals surface area contributed by atoms with Gasteiger partial charge < -0.3 is 5.11 Å². The third-order valence-corrected chi connectivity index (χ3v) is 2.39. The lowest BCUT2D eigenvalue weighted by Gasteiger charge is -2.31. The molecule has 0 bridgehead atoms. The zero-order valence-electron chi connectivity index (χ0n) is 4.17. The molecule has 0 spiro atoms. The van der Waals surface area contributed by atoms with E-state index in [4.69, 9.17) is 5.11 Å². The van der Waals surface area contributed by atoms with Crippen molar-refractivity contribution < 1.29 is 9.90 Å². The monoisotopic (exact) mass is 227 g/mol. The van der Waals surface area contributed by atoms with E-state index in [2.05, 4.69) is 0 Å². The second kappa shape index (κ2) is 2.18. The average Bonchev–Trinajstić information content (AvgIpc) is 1.61. The highest BCUT2D eigenvalue weighted by atomic mass is 127. The molecular formula is C4H6INO2. The molecule has 3 nitrogen and oxygen atoms in total. The van der Waals surface area contributed by atoms with E-state index in [0.29, 0.717) is 0 Å². The van der Waals surface area contributed by atoms with E-state index < -0.39 is 5.97 Å². The Morgan fingerprint density at radius 3 is 2.50 bits per heavy atom. The Morgan fingerprint density at radius 2 is 2.50 bits per heavy atom. The fraction of sp³-hybridized carbons (Fsp3) is 0.750. The van der Waals surface area contributed by atoms with Gasteiger partial charge in [-0.3, -0.25) is 4.79 Å². The molecular weight excluding hydrogens is 221 g/mol. The van der Waals surface area contributed by atoms with Gasteiger partial charge in [-0.25, -0.2) is 3.11 Å². The van der Waals surface area contributed by atoms with Crippen LogP contribution >= 0.6 is 22.9 Å². The van der Waals surface area contributed by atoms with Crippen LogP contribution in [0.3, 0.4) is 0 Å². The minimum absolute atomic E-state index is 0.212. The van der Waals surface area contributed by atoms with Crippen molar-refractivity contribution >= 4 is 28.8 Å². The van der Waals surface area contributed by atoms with Gasteiger partial charge in [0.15, 0.2) is 0 Å². The number of rotatable bonds is 1. The zero-order valence-corrected chi connectivity index (χ0v) is 6.33. The highest BCUT2D eigenvalue weighted by Crippen LogP contribution is 2.21. The normalized spacial score (nSPS) is 29.4. The smallest absolute Gasteiger partial charge is 0.321 e. The lowest BCUT2D eigenvalue weighted by Crippen LogP contribution is -2.45. The van der Waals surface area contributed by atoms with Crippen LogP contribution in [-0.2, 0) is 4.79 Å². The maximum absolute atomic E-state index is 10.1. The minimum Gasteiger partial charge on any atom is -0.480 e. The molecule has 1 fully saturated rings. The van der Waals surface area contributed by atoms with Gasteiger partial charge in [0.25, 0.3) is 0 Å². The van der Waals surface area contributed by atoms with Gasteiger partial charge in [-0.15, -0.1) is 0 Å². The average molecular weight is 227 g/mol. The Labute approximate surface area is 61.2 Å². The largest absolute Gasteiger partial charge is 0.480 e. The summed E-state index contributed by atoms with van der Waals surface area (Å²) in [5, 5.41) is 8.36. The molecule has 4 heteroatoms. The molecule has 0 unspecified atom stereocenters. The molecule has 1 N–H and O–H groups in total. The summed E-state index contributed by atoms with van der Waals surface area (Å²) < 4.78 is 1.79. The minimum atomic E-state index is -0.703. The number of hydrogen-bond donors (Lipinski definition) is 1. The first-order chi connectivity index (χ1) is 3.72. The van der Waals surface area contributed by atoms with Gasteiger partial charge in [0.05, 0.1) is 0 Å². The molecule has 0 saturated carbocycles. The molecule has 0 aliphatic carbocycles. The Kier molecular flexibility index (Phi) is 1.71. The lowest BCUT2D eigenvalue weighted by atomic mass is 10.1. The van der Waals surface area contributed by atoms with Gasteiger partial charge in [-0.05, 0) is 6.42 Å². The summed E-state index contributed by atoms with van der Waals surface area (Å²) in [5.41, 5.74) is 0. The van der Waals surface area contributed by atoms with Crippen molar-refractivity contribution in [1.29, 1.82) is 0 Å². The highest BCUT2D eigenvalue weighted by molar-refractivity contribution is 14.1. The van der Waals surface area contributed by atoms with Crippen molar-refractivity contribution in [2.75, 3.05) is 6.54 Å². The van der Waals surface area contributed by atoms with E-state index in [1.54, 1.807) is 3.11 Å². The van der Waals surface area contributed by atoms with Crippen LogP contribution in [0.1, 0.15) is 6.42 Å². The fourth-order valence-electron chi connectivity index (χ4n) is 0.599. The number of carbonyl (C=O) groups is 1. The Morgan fingerprint density at radius 1 is 1.88 bits per heavy atom. The van der Waals surface area contributed by atoms with Crippen molar-refractivity contribution in [3.05, 3.63) is 0 Å². The molecule has 0 aromatic heterocycles. The third-order valence-electron chi connectivity index (χ3n) is 1.24. The molecule has 0 radical (unpaired) electrons. The summed E-state index contributed by atoms with van der Waals surface area (Å²) in [6.07, 6.45) is 0.804. The first-order valence-corrected chi connectivity index (χ1v) is 3.33. The van der Waals surface area contributed by atoms with Gasteiger partial charge in [0.1, 0.15) is 6.04 Å². The number of halogens is 1. The maximum atomic E-state index is 10.1. The van der Waals surface area contributed by atoms with Crippen molar-refractivity contribution in [3.63, 3.8) is 0 Å². The molecule has 8 heavy (non-hydrogen) atoms. The van der Waals surface area contributed by atoms with Crippen molar-refractivity contribution in [2.24, 2.45) is 0 Å². The Balaban J connectivity index is 2.37. The fourth-order valence-corrected chi connectivity index (χ4v) is 1.39. The van der Waals surface area contributed by atoms with E-state index in [-0.39, 0.29) is 6.04 Å². The molecule has 1 heterocycles. The van der Waals surface area contributed by atoms with Crippen LogP contribution < -0.4 is 0 Å². The van der Waals surface area contributed by atoms with Crippen LogP contribution in [-0.4, -0.2) is 26.8 Å². The standard InChI is InChI=1S/C4H6INO2/c5-6-2-1-3(6)4(7)8/h3H,1-2H2,(H,7,8)/t3-/m0/s1. The first-order valence-electron chi connectivity index (χ1n) is 2.37. The summed E-state index contributed by atoms with van der Waals surface area (Å²) in [6, 6.07) is -0.212. The second-order valence-electron chi connectivity index (χ2n) is 1.77. The first kappa shape index (κ1) is 6.28. The van der Waals surface area contributed by atoms with Crippen molar-refractivity contribution in [2.45, 2.75) is 12.5 Å². The van der Waals surface area contributed by atoms with Crippen molar-refractivity contribution in [3.8, 4) is 0 Å². The van der Waals surface area contributed by atoms with Gasteiger partial charge >= 0.3 is 5.97 Å². The van der Waals surface area contributed by atoms with Crippen molar-refractivity contribution in [1.82, 2.24) is 3.11 Å². The number of aliphatic carboxylic acids is 1. The van der Waals surface area contributed by atoms with Crippen LogP contribution in [0, 0.1) is 0 Å². The van der Waals surface area contributed by atoms with Gasteiger partial charge in [0.2, 0.25) is 0 Å². The number of carboxylic acids is 1. The van der Waals surface area contributed by atoms with Crippen LogP contribution in [0.4, 0.5) is 0 Å². The number of hydrogen-bond acceptors (Lipinski definition) is 2. The van der Waals surface area contributed by atoms with E-state index in [1.807, 2.05) is 22.9 Å². The predicted octanol–water partition coefficient (Wildman–Crippen LogP) is 0.495. The zero-order chi connectivity index (χ0) is 6.15. The Hall–Kier alpha value is 0.160. The van der Waals surface area contributed by atoms with Gasteiger partial charge in [-0.1, -0.05) is 0 Å². The molecule has 1 saturated heterocycles. The summed E-state index contributed by atoms with van der Waals surface area (Å²) >= 11 is 2.02. The van der Waals surface area contributed by atoms with Crippen LogP contribution in [0.5, 0.6) is 0 Å². The van der Waals surface area contributed by atoms with E-state index >= 15 is 0 Å². The Bertz CT molecular complexity index is 117. The number of carboxylic acid groups (broad SMARTS) is 1. The van der Waals surface area contributed by atoms with Gasteiger partial charge in [-0.2, -0.15) is 0 Å². The van der Waals surface area contributed by atoms with E-state index in [1.165, 1.54) is 0 Å². The third kappa shape index (κ3) is 0.947. The molecule has 1 rings (SSSR count).